The molecular formula is C16H22BrN. The molecule has 1 saturated carbocycles. The summed E-state index contributed by atoms with van der Waals surface area (Å²) in [6.45, 7) is 4.79. The van der Waals surface area contributed by atoms with Crippen LogP contribution in [0.2, 0.25) is 0 Å². The monoisotopic (exact) mass is 307 g/mol. The van der Waals surface area contributed by atoms with E-state index in [0.717, 1.165) is 6.04 Å². The number of rotatable bonds is 2. The molecule has 2 aliphatic rings. The zero-order valence-corrected chi connectivity index (χ0v) is 12.9. The van der Waals surface area contributed by atoms with E-state index in [4.69, 9.17) is 0 Å². The number of benzene rings is 1. The van der Waals surface area contributed by atoms with Crippen molar-refractivity contribution in [1.29, 1.82) is 0 Å². The van der Waals surface area contributed by atoms with Gasteiger partial charge in [-0.05, 0) is 54.7 Å². The molecule has 0 spiro atoms. The van der Waals surface area contributed by atoms with Gasteiger partial charge in [0.2, 0.25) is 0 Å². The third-order valence-corrected chi connectivity index (χ3v) is 5.36. The summed E-state index contributed by atoms with van der Waals surface area (Å²) < 4.78 is 1.29. The Morgan fingerprint density at radius 2 is 2.11 bits per heavy atom. The van der Waals surface area contributed by atoms with Crippen molar-refractivity contribution in [3.05, 3.63) is 33.8 Å². The molecule has 2 aliphatic carbocycles. The lowest BCUT2D eigenvalue weighted by Crippen LogP contribution is -2.30. The summed E-state index contributed by atoms with van der Waals surface area (Å²) in [6, 6.07) is 7.93. The van der Waals surface area contributed by atoms with Gasteiger partial charge in [-0.2, -0.15) is 0 Å². The van der Waals surface area contributed by atoms with Crippen LogP contribution in [0.25, 0.3) is 0 Å². The maximum absolute atomic E-state index is 3.90. The highest BCUT2D eigenvalue weighted by atomic mass is 79.9. The topological polar surface area (TPSA) is 12.0 Å². The van der Waals surface area contributed by atoms with Gasteiger partial charge in [-0.25, -0.2) is 0 Å². The molecule has 0 radical (unpaired) electrons. The molecule has 18 heavy (non-hydrogen) atoms. The van der Waals surface area contributed by atoms with Gasteiger partial charge in [0, 0.05) is 16.6 Å². The van der Waals surface area contributed by atoms with Crippen LogP contribution in [0.15, 0.2) is 22.7 Å². The molecule has 1 fully saturated rings. The summed E-state index contributed by atoms with van der Waals surface area (Å²) in [5.41, 5.74) is 3.58. The fourth-order valence-electron chi connectivity index (χ4n) is 3.65. The standard InChI is InChI=1S/C16H22BrN/c1-16(2)9-8-11(10-16)18-15-7-6-12-13(15)4-3-5-14(12)17/h3-5,11,15,18H,6-10H2,1-2H3. The zero-order chi connectivity index (χ0) is 12.8. The van der Waals surface area contributed by atoms with E-state index < -0.39 is 0 Å². The third-order valence-electron chi connectivity index (χ3n) is 4.62. The summed E-state index contributed by atoms with van der Waals surface area (Å²) >= 11 is 3.68. The largest absolute Gasteiger partial charge is 0.307 e. The molecule has 2 heteroatoms. The molecule has 0 bridgehead atoms. The van der Waals surface area contributed by atoms with Crippen LogP contribution in [0.3, 0.4) is 0 Å². The van der Waals surface area contributed by atoms with Crippen LogP contribution in [0.1, 0.15) is 56.7 Å². The molecule has 0 aliphatic heterocycles. The van der Waals surface area contributed by atoms with E-state index in [1.165, 1.54) is 47.7 Å². The normalized spacial score (nSPS) is 29.5. The SMILES string of the molecule is CC1(C)CCC(NC2CCc3c(Br)cccc32)C1. The molecular weight excluding hydrogens is 286 g/mol. The van der Waals surface area contributed by atoms with Crippen molar-refractivity contribution < 1.29 is 0 Å². The summed E-state index contributed by atoms with van der Waals surface area (Å²) in [4.78, 5) is 0. The Bertz CT molecular complexity index is 452. The van der Waals surface area contributed by atoms with E-state index in [9.17, 15) is 0 Å². The van der Waals surface area contributed by atoms with Gasteiger partial charge in [-0.15, -0.1) is 0 Å². The Labute approximate surface area is 118 Å². The van der Waals surface area contributed by atoms with Crippen molar-refractivity contribution in [2.75, 3.05) is 0 Å². The van der Waals surface area contributed by atoms with Crippen LogP contribution in [0.4, 0.5) is 0 Å². The first-order valence-corrected chi connectivity index (χ1v) is 7.88. The van der Waals surface area contributed by atoms with Gasteiger partial charge in [-0.1, -0.05) is 41.9 Å². The van der Waals surface area contributed by atoms with Crippen molar-refractivity contribution >= 4 is 15.9 Å². The lowest BCUT2D eigenvalue weighted by atomic mass is 9.91. The van der Waals surface area contributed by atoms with Gasteiger partial charge in [0.15, 0.2) is 0 Å². The summed E-state index contributed by atoms with van der Waals surface area (Å²) in [6.07, 6.45) is 6.50. The first-order valence-electron chi connectivity index (χ1n) is 7.08. The smallest absolute Gasteiger partial charge is 0.0328 e. The van der Waals surface area contributed by atoms with E-state index in [1.54, 1.807) is 0 Å². The molecule has 2 unspecified atom stereocenters. The number of fused-ring (bicyclic) bond motifs is 1. The van der Waals surface area contributed by atoms with Crippen LogP contribution in [0.5, 0.6) is 0 Å². The molecule has 2 atom stereocenters. The van der Waals surface area contributed by atoms with Gasteiger partial charge >= 0.3 is 0 Å². The highest BCUT2D eigenvalue weighted by molar-refractivity contribution is 9.10. The van der Waals surface area contributed by atoms with Crippen molar-refractivity contribution in [3.63, 3.8) is 0 Å². The van der Waals surface area contributed by atoms with Crippen LogP contribution in [-0.2, 0) is 6.42 Å². The van der Waals surface area contributed by atoms with Crippen LogP contribution < -0.4 is 5.32 Å². The van der Waals surface area contributed by atoms with Gasteiger partial charge in [0.1, 0.15) is 0 Å². The second-order valence-electron chi connectivity index (χ2n) is 6.67. The van der Waals surface area contributed by atoms with Gasteiger partial charge in [-0.3, -0.25) is 0 Å². The van der Waals surface area contributed by atoms with Crippen molar-refractivity contribution in [2.24, 2.45) is 5.41 Å². The molecule has 1 aromatic carbocycles. The minimum atomic E-state index is 0.538. The minimum Gasteiger partial charge on any atom is -0.307 e. The van der Waals surface area contributed by atoms with Crippen molar-refractivity contribution in [1.82, 2.24) is 5.32 Å². The molecule has 3 rings (SSSR count). The molecule has 1 nitrogen and oxygen atoms in total. The number of hydrogen-bond acceptors (Lipinski definition) is 1. The lowest BCUT2D eigenvalue weighted by Gasteiger charge is -2.22. The van der Waals surface area contributed by atoms with Crippen molar-refractivity contribution in [2.45, 2.75) is 58.0 Å². The second-order valence-corrected chi connectivity index (χ2v) is 7.52. The van der Waals surface area contributed by atoms with E-state index in [1.807, 2.05) is 0 Å². The summed E-state index contributed by atoms with van der Waals surface area (Å²) in [7, 11) is 0. The van der Waals surface area contributed by atoms with Crippen molar-refractivity contribution in [3.8, 4) is 0 Å². The number of hydrogen-bond donors (Lipinski definition) is 1. The predicted octanol–water partition coefficient (Wildman–Crippen LogP) is 4.60. The Morgan fingerprint density at radius 3 is 2.83 bits per heavy atom. The first kappa shape index (κ1) is 12.7. The molecule has 98 valence electrons. The molecule has 0 amide bonds. The Balaban J connectivity index is 1.72. The van der Waals surface area contributed by atoms with E-state index in [2.05, 4.69) is 53.3 Å². The molecule has 1 aromatic rings. The number of nitrogens with one attached hydrogen (secondary N) is 1. The van der Waals surface area contributed by atoms with Gasteiger partial charge in [0.05, 0.1) is 0 Å². The van der Waals surface area contributed by atoms with Gasteiger partial charge in [0.25, 0.3) is 0 Å². The first-order chi connectivity index (χ1) is 8.55. The highest BCUT2D eigenvalue weighted by Crippen LogP contribution is 2.40. The Morgan fingerprint density at radius 1 is 1.28 bits per heavy atom. The lowest BCUT2D eigenvalue weighted by molar-refractivity contribution is 0.352. The fourth-order valence-corrected chi connectivity index (χ4v) is 4.23. The maximum Gasteiger partial charge on any atom is 0.0328 e. The number of halogens is 1. The maximum atomic E-state index is 3.90. The third kappa shape index (κ3) is 2.37. The van der Waals surface area contributed by atoms with Crippen LogP contribution >= 0.6 is 15.9 Å². The van der Waals surface area contributed by atoms with E-state index in [-0.39, 0.29) is 0 Å². The van der Waals surface area contributed by atoms with Gasteiger partial charge < -0.3 is 5.32 Å². The predicted molar refractivity (Wildman–Crippen MR) is 79.8 cm³/mol. The Kier molecular flexibility index (Phi) is 3.27. The molecule has 0 heterocycles. The van der Waals surface area contributed by atoms with Crippen LogP contribution in [-0.4, -0.2) is 6.04 Å². The molecule has 0 saturated heterocycles. The zero-order valence-electron chi connectivity index (χ0n) is 11.3. The van der Waals surface area contributed by atoms with E-state index >= 15 is 0 Å². The van der Waals surface area contributed by atoms with Crippen LogP contribution in [0, 0.1) is 5.41 Å². The second kappa shape index (κ2) is 4.64. The minimum absolute atomic E-state index is 0.538. The fraction of sp³-hybridized carbons (Fsp3) is 0.625. The Hall–Kier alpha value is -0.340. The average molecular weight is 308 g/mol. The highest BCUT2D eigenvalue weighted by Gasteiger charge is 2.33. The summed E-state index contributed by atoms with van der Waals surface area (Å²) in [5.74, 6) is 0. The quantitative estimate of drug-likeness (QED) is 0.841. The average Bonchev–Trinajstić information content (AvgIpc) is 2.85. The molecule has 0 aromatic heterocycles. The molecule has 1 N–H and O–H groups in total. The van der Waals surface area contributed by atoms with E-state index in [0.29, 0.717) is 11.5 Å². The summed E-state index contributed by atoms with van der Waals surface area (Å²) in [5, 5.41) is 3.90.